The summed E-state index contributed by atoms with van der Waals surface area (Å²) in [6, 6.07) is 26.3. The molecule has 0 fully saturated rings. The summed E-state index contributed by atoms with van der Waals surface area (Å²) < 4.78 is 31.2. The minimum absolute atomic E-state index is 0.0520. The monoisotopic (exact) mass is 430 g/mol. The highest BCUT2D eigenvalue weighted by molar-refractivity contribution is 9.10. The quantitative estimate of drug-likeness (QED) is 0.484. The Morgan fingerprint density at radius 3 is 2.00 bits per heavy atom. The van der Waals surface area contributed by atoms with E-state index in [1.165, 1.54) is 12.1 Å². The molecule has 0 aliphatic carbocycles. The van der Waals surface area contributed by atoms with Crippen LogP contribution in [0.2, 0.25) is 0 Å². The molecule has 3 rings (SSSR count). The Morgan fingerprint density at radius 2 is 1.38 bits per heavy atom. The van der Waals surface area contributed by atoms with Gasteiger partial charge in [-0.3, -0.25) is 4.18 Å². The molecule has 0 radical (unpaired) electrons. The molecule has 0 amide bonds. The molecule has 0 spiro atoms. The molecule has 0 unspecified atom stereocenters. The lowest BCUT2D eigenvalue weighted by atomic mass is 9.93. The average molecular weight is 431 g/mol. The minimum atomic E-state index is -3.79. The minimum Gasteiger partial charge on any atom is -0.266 e. The van der Waals surface area contributed by atoms with Crippen LogP contribution in [0.5, 0.6) is 0 Å². The van der Waals surface area contributed by atoms with Gasteiger partial charge < -0.3 is 0 Å². The Morgan fingerprint density at radius 1 is 0.808 bits per heavy atom. The molecule has 0 N–H and O–H groups in total. The van der Waals surface area contributed by atoms with E-state index in [9.17, 15) is 8.42 Å². The Bertz CT molecular complexity index is 924. The zero-order valence-corrected chi connectivity index (χ0v) is 16.5. The van der Waals surface area contributed by atoms with Crippen molar-refractivity contribution in [1.29, 1.82) is 0 Å². The molecule has 3 aromatic carbocycles. The van der Waals surface area contributed by atoms with Crippen molar-refractivity contribution in [1.82, 2.24) is 0 Å². The van der Waals surface area contributed by atoms with Crippen LogP contribution in [-0.4, -0.2) is 15.0 Å². The third-order valence-corrected chi connectivity index (χ3v) is 5.95. The second-order valence-electron chi connectivity index (χ2n) is 5.99. The summed E-state index contributed by atoms with van der Waals surface area (Å²) in [5, 5.41) is 0. The van der Waals surface area contributed by atoms with Gasteiger partial charge in [0.2, 0.25) is 0 Å². The van der Waals surface area contributed by atoms with Crippen molar-refractivity contribution in [2.45, 2.75) is 17.2 Å². The normalized spacial score (nSPS) is 12.7. The summed E-state index contributed by atoms with van der Waals surface area (Å²) in [4.78, 5) is 0.159. The fourth-order valence-corrected chi connectivity index (χ4v) is 3.95. The topological polar surface area (TPSA) is 43.4 Å². The van der Waals surface area contributed by atoms with Crippen molar-refractivity contribution < 1.29 is 12.6 Å². The highest BCUT2D eigenvalue weighted by atomic mass is 79.9. The Hall–Kier alpha value is -1.95. The highest BCUT2D eigenvalue weighted by Crippen LogP contribution is 2.24. The lowest BCUT2D eigenvalue weighted by molar-refractivity contribution is 0.290. The van der Waals surface area contributed by atoms with E-state index in [4.69, 9.17) is 4.18 Å². The number of hydrogen-bond donors (Lipinski definition) is 0. The maximum Gasteiger partial charge on any atom is 0.296 e. The first kappa shape index (κ1) is 18.8. The van der Waals surface area contributed by atoms with Gasteiger partial charge in [-0.05, 0) is 41.8 Å². The summed E-state index contributed by atoms with van der Waals surface area (Å²) in [6.45, 7) is 0.0945. The first-order chi connectivity index (χ1) is 12.5. The van der Waals surface area contributed by atoms with Crippen LogP contribution in [0.4, 0.5) is 0 Å². The van der Waals surface area contributed by atoms with Crippen LogP contribution in [0.1, 0.15) is 17.0 Å². The third-order valence-electron chi connectivity index (χ3n) is 4.12. The number of hydrogen-bond acceptors (Lipinski definition) is 3. The maximum atomic E-state index is 12.5. The smallest absolute Gasteiger partial charge is 0.266 e. The van der Waals surface area contributed by atoms with E-state index in [0.29, 0.717) is 6.42 Å². The summed E-state index contributed by atoms with van der Waals surface area (Å²) >= 11 is 3.31. The molecular formula is C21H19BrO3S. The summed E-state index contributed by atoms with van der Waals surface area (Å²) in [7, 11) is -3.79. The molecule has 0 aliphatic heterocycles. The highest BCUT2D eigenvalue weighted by Gasteiger charge is 2.20. The van der Waals surface area contributed by atoms with Gasteiger partial charge in [-0.15, -0.1) is 0 Å². The SMILES string of the molecule is O=S(=O)(OC[C@H](Cc1ccccc1)c1ccccc1)c1ccc(Br)cc1. The number of benzene rings is 3. The van der Waals surface area contributed by atoms with Crippen molar-refractivity contribution in [2.75, 3.05) is 6.61 Å². The molecule has 0 aliphatic rings. The molecule has 5 heteroatoms. The van der Waals surface area contributed by atoms with Crippen LogP contribution in [0, 0.1) is 0 Å². The molecule has 26 heavy (non-hydrogen) atoms. The van der Waals surface area contributed by atoms with Gasteiger partial charge in [0, 0.05) is 10.4 Å². The zero-order chi connectivity index (χ0) is 18.4. The maximum absolute atomic E-state index is 12.5. The summed E-state index contributed by atoms with van der Waals surface area (Å²) in [5.74, 6) is -0.0520. The van der Waals surface area contributed by atoms with Gasteiger partial charge >= 0.3 is 0 Å². The van der Waals surface area contributed by atoms with Gasteiger partial charge in [0.15, 0.2) is 0 Å². The van der Waals surface area contributed by atoms with Crippen LogP contribution in [0.15, 0.2) is 94.3 Å². The molecule has 1 atom stereocenters. The fraction of sp³-hybridized carbons (Fsp3) is 0.143. The van der Waals surface area contributed by atoms with E-state index in [0.717, 1.165) is 15.6 Å². The van der Waals surface area contributed by atoms with Crippen molar-refractivity contribution in [3.63, 3.8) is 0 Å². The Labute approximate surface area is 162 Å². The van der Waals surface area contributed by atoms with Gasteiger partial charge in [0.1, 0.15) is 0 Å². The fourth-order valence-electron chi connectivity index (χ4n) is 2.74. The number of rotatable bonds is 7. The van der Waals surface area contributed by atoms with Crippen LogP contribution in [0.3, 0.4) is 0 Å². The standard InChI is InChI=1S/C21H19BrO3S/c22-20-11-13-21(14-12-20)26(23,24)25-16-19(18-9-5-2-6-10-18)15-17-7-3-1-4-8-17/h1-14,19H,15-16H2/t19-/m0/s1. The lowest BCUT2D eigenvalue weighted by Crippen LogP contribution is -2.15. The van der Waals surface area contributed by atoms with Gasteiger partial charge in [0.05, 0.1) is 11.5 Å². The second-order valence-corrected chi connectivity index (χ2v) is 8.52. The molecule has 3 nitrogen and oxygen atoms in total. The van der Waals surface area contributed by atoms with Gasteiger partial charge in [-0.1, -0.05) is 76.6 Å². The molecule has 0 bridgehead atoms. The average Bonchev–Trinajstić information content (AvgIpc) is 2.67. The summed E-state index contributed by atoms with van der Waals surface area (Å²) in [5.41, 5.74) is 2.20. The predicted octanol–water partition coefficient (Wildman–Crippen LogP) is 5.18. The molecule has 3 aromatic rings. The van der Waals surface area contributed by atoms with Crippen molar-refractivity contribution >= 4 is 26.0 Å². The Kier molecular flexibility index (Phi) is 6.25. The van der Waals surface area contributed by atoms with E-state index in [2.05, 4.69) is 15.9 Å². The number of halogens is 1. The van der Waals surface area contributed by atoms with Crippen molar-refractivity contribution in [3.8, 4) is 0 Å². The first-order valence-electron chi connectivity index (χ1n) is 8.28. The van der Waals surface area contributed by atoms with Gasteiger partial charge in [0.25, 0.3) is 10.1 Å². The van der Waals surface area contributed by atoms with E-state index in [1.807, 2.05) is 60.7 Å². The second kappa shape index (κ2) is 8.62. The zero-order valence-electron chi connectivity index (χ0n) is 14.1. The van der Waals surface area contributed by atoms with E-state index < -0.39 is 10.1 Å². The van der Waals surface area contributed by atoms with E-state index >= 15 is 0 Å². The first-order valence-corrected chi connectivity index (χ1v) is 10.5. The Balaban J connectivity index is 1.78. The van der Waals surface area contributed by atoms with Crippen LogP contribution >= 0.6 is 15.9 Å². The van der Waals surface area contributed by atoms with Crippen molar-refractivity contribution in [2.24, 2.45) is 0 Å². The van der Waals surface area contributed by atoms with Crippen molar-refractivity contribution in [3.05, 3.63) is 101 Å². The summed E-state index contributed by atoms with van der Waals surface area (Å²) in [6.07, 6.45) is 0.709. The largest absolute Gasteiger partial charge is 0.296 e. The van der Waals surface area contributed by atoms with Crippen LogP contribution in [-0.2, 0) is 20.7 Å². The lowest BCUT2D eigenvalue weighted by Gasteiger charge is -2.18. The molecule has 0 aromatic heterocycles. The van der Waals surface area contributed by atoms with E-state index in [1.54, 1.807) is 12.1 Å². The van der Waals surface area contributed by atoms with Gasteiger partial charge in [-0.2, -0.15) is 8.42 Å². The van der Waals surface area contributed by atoms with Gasteiger partial charge in [-0.25, -0.2) is 0 Å². The molecule has 134 valence electrons. The van der Waals surface area contributed by atoms with Crippen LogP contribution in [0.25, 0.3) is 0 Å². The third kappa shape index (κ3) is 5.04. The van der Waals surface area contributed by atoms with E-state index in [-0.39, 0.29) is 17.4 Å². The predicted molar refractivity (Wildman–Crippen MR) is 107 cm³/mol. The molecule has 0 heterocycles. The molecule has 0 saturated heterocycles. The molecule has 0 saturated carbocycles. The van der Waals surface area contributed by atoms with Crippen LogP contribution < -0.4 is 0 Å². The molecular weight excluding hydrogens is 412 g/mol.